The number of esters is 1. The number of rotatable bonds is 5. The summed E-state index contributed by atoms with van der Waals surface area (Å²) in [5, 5.41) is 0.296. The first-order valence-electron chi connectivity index (χ1n) is 10.4. The highest BCUT2D eigenvalue weighted by Crippen LogP contribution is 2.23. The maximum atomic E-state index is 13.2. The molecule has 33 heavy (non-hydrogen) atoms. The largest absolute Gasteiger partial charge is 0.460 e. The molecule has 0 N–H and O–H groups in total. The summed E-state index contributed by atoms with van der Waals surface area (Å²) < 4.78 is 38.5. The fourth-order valence-electron chi connectivity index (χ4n) is 3.79. The summed E-state index contributed by atoms with van der Waals surface area (Å²) in [6.45, 7) is 2.16. The number of pyridine rings is 1. The smallest absolute Gasteiger partial charge is 0.374 e. The van der Waals surface area contributed by atoms with Crippen LogP contribution in [0, 0.1) is 0 Å². The maximum Gasteiger partial charge on any atom is 0.374 e. The van der Waals surface area contributed by atoms with Gasteiger partial charge in [0.15, 0.2) is 0 Å². The van der Waals surface area contributed by atoms with Crippen molar-refractivity contribution in [3.63, 3.8) is 0 Å². The van der Waals surface area contributed by atoms with Gasteiger partial charge in [0.25, 0.3) is 21.5 Å². The number of aromatic nitrogens is 1. The van der Waals surface area contributed by atoms with Crippen LogP contribution in [0.25, 0.3) is 10.9 Å². The second-order valence-electron chi connectivity index (χ2n) is 7.51. The van der Waals surface area contributed by atoms with Crippen molar-refractivity contribution in [2.24, 2.45) is 7.05 Å². The van der Waals surface area contributed by atoms with Crippen LogP contribution in [0.5, 0.6) is 0 Å². The maximum absolute atomic E-state index is 13.2. The lowest BCUT2D eigenvalue weighted by molar-refractivity contribution is 0.0483. The van der Waals surface area contributed by atoms with Crippen LogP contribution >= 0.6 is 0 Å². The average molecular weight is 474 g/mol. The molecule has 0 spiro atoms. The van der Waals surface area contributed by atoms with E-state index in [1.165, 1.54) is 32.0 Å². The van der Waals surface area contributed by atoms with Crippen LogP contribution in [0.2, 0.25) is 0 Å². The van der Waals surface area contributed by atoms with Crippen molar-refractivity contribution in [3.05, 3.63) is 64.1 Å². The number of sulfonamides is 1. The molecule has 1 aliphatic rings. The molecule has 0 unspecified atom stereocenters. The Bertz CT molecular complexity index is 1380. The summed E-state index contributed by atoms with van der Waals surface area (Å²) in [4.78, 5) is 38.8. The van der Waals surface area contributed by atoms with Crippen molar-refractivity contribution in [1.29, 1.82) is 0 Å². The van der Waals surface area contributed by atoms with E-state index < -0.39 is 16.0 Å². The van der Waals surface area contributed by atoms with Crippen LogP contribution in [0.1, 0.15) is 27.8 Å². The molecule has 0 saturated carbocycles. The molecule has 174 valence electrons. The highest BCUT2D eigenvalue weighted by atomic mass is 32.2. The minimum Gasteiger partial charge on any atom is -0.460 e. The fourth-order valence-corrected chi connectivity index (χ4v) is 5.12. The van der Waals surface area contributed by atoms with Crippen LogP contribution < -0.4 is 5.56 Å². The summed E-state index contributed by atoms with van der Waals surface area (Å²) >= 11 is 0. The number of ether oxygens (including phenoxy) is 1. The molecular weight excluding hydrogens is 450 g/mol. The van der Waals surface area contributed by atoms with Gasteiger partial charge in [-0.05, 0) is 25.1 Å². The van der Waals surface area contributed by atoms with Gasteiger partial charge in [-0.15, -0.1) is 0 Å². The predicted molar refractivity (Wildman–Crippen MR) is 119 cm³/mol. The lowest BCUT2D eigenvalue weighted by Crippen LogP contribution is -2.50. The first-order valence-corrected chi connectivity index (χ1v) is 11.8. The van der Waals surface area contributed by atoms with Gasteiger partial charge < -0.3 is 18.6 Å². The van der Waals surface area contributed by atoms with E-state index in [-0.39, 0.29) is 60.7 Å². The molecule has 1 aromatic carbocycles. The summed E-state index contributed by atoms with van der Waals surface area (Å²) in [6, 6.07) is 10.9. The van der Waals surface area contributed by atoms with Gasteiger partial charge in [0, 0.05) is 44.7 Å². The van der Waals surface area contributed by atoms with Crippen molar-refractivity contribution in [1.82, 2.24) is 13.8 Å². The van der Waals surface area contributed by atoms with E-state index in [4.69, 9.17) is 9.15 Å². The minimum absolute atomic E-state index is 0.0479. The van der Waals surface area contributed by atoms with Gasteiger partial charge in [-0.25, -0.2) is 13.2 Å². The lowest BCUT2D eigenvalue weighted by atomic mass is 10.1. The van der Waals surface area contributed by atoms with E-state index >= 15 is 0 Å². The number of furan rings is 1. The Morgan fingerprint density at radius 1 is 1.06 bits per heavy atom. The molecule has 1 aliphatic heterocycles. The van der Waals surface area contributed by atoms with Gasteiger partial charge in [-0.1, -0.05) is 18.2 Å². The third-order valence-electron chi connectivity index (χ3n) is 5.56. The molecule has 1 fully saturated rings. The zero-order valence-corrected chi connectivity index (χ0v) is 19.0. The lowest BCUT2D eigenvalue weighted by Gasteiger charge is -2.33. The number of hydrogen-bond donors (Lipinski definition) is 0. The minimum atomic E-state index is -3.98. The van der Waals surface area contributed by atoms with Crippen molar-refractivity contribution >= 4 is 32.8 Å². The Labute approximate surface area is 190 Å². The average Bonchev–Trinajstić information content (AvgIpc) is 3.33. The predicted octanol–water partition coefficient (Wildman–Crippen LogP) is 1.45. The molecule has 3 heterocycles. The van der Waals surface area contributed by atoms with E-state index in [2.05, 4.69) is 0 Å². The second kappa shape index (κ2) is 8.83. The van der Waals surface area contributed by atoms with Gasteiger partial charge >= 0.3 is 5.97 Å². The molecule has 3 aromatic rings. The fraction of sp³-hybridized carbons (Fsp3) is 0.318. The van der Waals surface area contributed by atoms with Crippen LogP contribution in [-0.4, -0.2) is 66.9 Å². The number of piperazine rings is 1. The third-order valence-corrected chi connectivity index (χ3v) is 7.34. The molecule has 0 aliphatic carbocycles. The van der Waals surface area contributed by atoms with Crippen molar-refractivity contribution < 1.29 is 27.2 Å². The number of amides is 1. The van der Waals surface area contributed by atoms with Crippen LogP contribution in [0.15, 0.2) is 56.8 Å². The number of fused-ring (bicyclic) bond motifs is 1. The van der Waals surface area contributed by atoms with Crippen molar-refractivity contribution in [3.8, 4) is 0 Å². The zero-order chi connectivity index (χ0) is 23.8. The first-order chi connectivity index (χ1) is 15.7. The number of nitrogens with zero attached hydrogens (tertiary/aromatic N) is 3. The number of aryl methyl sites for hydroxylation is 1. The van der Waals surface area contributed by atoms with Gasteiger partial charge in [-0.2, -0.15) is 4.31 Å². The summed E-state index contributed by atoms with van der Waals surface area (Å²) in [5.74, 6) is -1.26. The molecule has 11 heteroatoms. The van der Waals surface area contributed by atoms with Gasteiger partial charge in [0.2, 0.25) is 10.9 Å². The molecule has 0 radical (unpaired) electrons. The zero-order valence-electron chi connectivity index (χ0n) is 18.2. The molecule has 0 atom stereocenters. The molecule has 2 aromatic heterocycles. The summed E-state index contributed by atoms with van der Waals surface area (Å²) in [6.07, 6.45) is 0. The number of carbonyl (C=O) groups excluding carboxylic acids is 2. The van der Waals surface area contributed by atoms with Gasteiger partial charge in [0.1, 0.15) is 0 Å². The summed E-state index contributed by atoms with van der Waals surface area (Å²) in [7, 11) is -2.34. The number of carbonyl (C=O) groups is 2. The van der Waals surface area contributed by atoms with Crippen molar-refractivity contribution in [2.75, 3.05) is 32.8 Å². The monoisotopic (exact) mass is 473 g/mol. The number of benzene rings is 1. The molecular formula is C22H23N3O7S. The van der Waals surface area contributed by atoms with Crippen LogP contribution in [0.4, 0.5) is 0 Å². The number of hydrogen-bond acceptors (Lipinski definition) is 7. The third kappa shape index (κ3) is 4.16. The number of para-hydroxylation sites is 1. The van der Waals surface area contributed by atoms with E-state index in [0.29, 0.717) is 10.9 Å². The normalized spacial score (nSPS) is 15.0. The Morgan fingerprint density at radius 2 is 1.76 bits per heavy atom. The van der Waals surface area contributed by atoms with Gasteiger partial charge in [0.05, 0.1) is 17.7 Å². The van der Waals surface area contributed by atoms with E-state index in [1.807, 2.05) is 0 Å². The Morgan fingerprint density at radius 3 is 2.45 bits per heavy atom. The molecule has 1 saturated heterocycles. The topological polar surface area (TPSA) is 119 Å². The Hall–Kier alpha value is -3.44. The van der Waals surface area contributed by atoms with Gasteiger partial charge in [-0.3, -0.25) is 9.59 Å². The Balaban J connectivity index is 1.51. The SMILES string of the molecule is CCOC(=O)c1ccc(S(=O)(=O)N2CCN(C(=O)c3cc(=O)n(C)c4ccccc34)CC2)o1. The standard InChI is InChI=1S/C22H23N3O7S/c1-3-31-22(28)18-8-9-20(32-18)33(29,30)25-12-10-24(11-13-25)21(27)16-14-19(26)23(2)17-7-5-4-6-15(16)17/h4-9,14H,3,10-13H2,1-2H3. The Kier molecular flexibility index (Phi) is 6.09. The quantitative estimate of drug-likeness (QED) is 0.515. The van der Waals surface area contributed by atoms with E-state index in [1.54, 1.807) is 38.2 Å². The van der Waals surface area contributed by atoms with E-state index in [9.17, 15) is 22.8 Å². The molecule has 1 amide bonds. The van der Waals surface area contributed by atoms with Crippen LogP contribution in [-0.2, 0) is 21.8 Å². The highest BCUT2D eigenvalue weighted by Gasteiger charge is 2.33. The highest BCUT2D eigenvalue weighted by molar-refractivity contribution is 7.89. The molecule has 10 nitrogen and oxygen atoms in total. The molecule has 4 rings (SSSR count). The second-order valence-corrected chi connectivity index (χ2v) is 9.38. The summed E-state index contributed by atoms with van der Waals surface area (Å²) in [5.41, 5.74) is 0.633. The van der Waals surface area contributed by atoms with E-state index in [0.717, 1.165) is 0 Å². The molecule has 0 bridgehead atoms. The van der Waals surface area contributed by atoms with Crippen molar-refractivity contribution in [2.45, 2.75) is 12.0 Å². The first kappa shape index (κ1) is 22.7. The van der Waals surface area contributed by atoms with Crippen LogP contribution in [0.3, 0.4) is 0 Å².